The molecule has 0 aliphatic carbocycles. The zero-order valence-corrected chi connectivity index (χ0v) is 12.4. The molecule has 2 rings (SSSR count). The molecule has 1 fully saturated rings. The molecule has 0 aromatic heterocycles. The van der Waals surface area contributed by atoms with E-state index in [9.17, 15) is 9.90 Å². The van der Waals surface area contributed by atoms with Crippen molar-refractivity contribution in [1.82, 2.24) is 4.90 Å². The molecule has 2 N–H and O–H groups in total. The van der Waals surface area contributed by atoms with Gasteiger partial charge in [0.15, 0.2) is 0 Å². The third kappa shape index (κ3) is 3.73. The van der Waals surface area contributed by atoms with E-state index in [1.807, 2.05) is 19.1 Å². The number of aromatic carboxylic acids is 1. The maximum atomic E-state index is 11.3. The molecule has 0 bridgehead atoms. The van der Waals surface area contributed by atoms with Gasteiger partial charge in [0.05, 0.1) is 5.56 Å². The summed E-state index contributed by atoms with van der Waals surface area (Å²) >= 11 is 0. The lowest BCUT2D eigenvalue weighted by molar-refractivity contribution is 0.0698. The maximum absolute atomic E-state index is 11.3. The lowest BCUT2D eigenvalue weighted by Crippen LogP contribution is -2.39. The van der Waals surface area contributed by atoms with Crippen LogP contribution in [0.2, 0.25) is 0 Å². The van der Waals surface area contributed by atoms with Crippen LogP contribution in [-0.4, -0.2) is 41.7 Å². The average molecular weight is 276 g/mol. The fourth-order valence-corrected chi connectivity index (χ4v) is 2.80. The number of likely N-dealkylation sites (tertiary alicyclic amines) is 1. The van der Waals surface area contributed by atoms with Gasteiger partial charge in [-0.3, -0.25) is 0 Å². The molecule has 1 heterocycles. The van der Waals surface area contributed by atoms with Gasteiger partial charge in [0.2, 0.25) is 0 Å². The Morgan fingerprint density at radius 3 is 2.70 bits per heavy atom. The smallest absolute Gasteiger partial charge is 0.337 e. The summed E-state index contributed by atoms with van der Waals surface area (Å²) < 4.78 is 0. The van der Waals surface area contributed by atoms with Crippen molar-refractivity contribution < 1.29 is 9.90 Å². The molecular weight excluding hydrogens is 252 g/mol. The molecule has 4 heteroatoms. The Labute approximate surface area is 120 Å². The Kier molecular flexibility index (Phi) is 5.01. The number of rotatable bonds is 5. The number of nitrogens with zero attached hydrogens (tertiary/aromatic N) is 1. The maximum Gasteiger partial charge on any atom is 0.337 e. The molecule has 1 aromatic rings. The average Bonchev–Trinajstić information content (AvgIpc) is 2.41. The second-order valence-electron chi connectivity index (χ2n) is 5.61. The van der Waals surface area contributed by atoms with Crippen LogP contribution in [0.3, 0.4) is 0 Å². The Morgan fingerprint density at radius 2 is 2.10 bits per heavy atom. The van der Waals surface area contributed by atoms with E-state index in [2.05, 4.69) is 17.1 Å². The molecule has 0 amide bonds. The standard InChI is InChI=1S/C16H24N2O2/c1-3-8-18-9-6-13(7-10-18)17-15-11-12(2)4-5-14(15)16(19)20/h4-5,11,13,17H,3,6-10H2,1-2H3,(H,19,20). The van der Waals surface area contributed by atoms with E-state index in [-0.39, 0.29) is 0 Å². The fourth-order valence-electron chi connectivity index (χ4n) is 2.80. The number of nitrogens with one attached hydrogen (secondary N) is 1. The van der Waals surface area contributed by atoms with Crippen molar-refractivity contribution in [3.63, 3.8) is 0 Å². The first-order chi connectivity index (χ1) is 9.60. The van der Waals surface area contributed by atoms with Crippen LogP contribution in [0.1, 0.15) is 42.1 Å². The van der Waals surface area contributed by atoms with Crippen LogP contribution in [-0.2, 0) is 0 Å². The number of carboxylic acid groups (broad SMARTS) is 1. The van der Waals surface area contributed by atoms with E-state index < -0.39 is 5.97 Å². The summed E-state index contributed by atoms with van der Waals surface area (Å²) in [5.41, 5.74) is 2.21. The molecule has 0 radical (unpaired) electrons. The molecule has 1 aliphatic heterocycles. The molecule has 0 atom stereocenters. The Bertz CT molecular complexity index is 466. The van der Waals surface area contributed by atoms with Crippen LogP contribution in [0, 0.1) is 6.92 Å². The first-order valence-corrected chi connectivity index (χ1v) is 7.43. The van der Waals surface area contributed by atoms with Crippen molar-refractivity contribution in [2.75, 3.05) is 25.0 Å². The molecule has 20 heavy (non-hydrogen) atoms. The molecule has 1 aromatic carbocycles. The van der Waals surface area contributed by atoms with Crippen molar-refractivity contribution >= 4 is 11.7 Å². The van der Waals surface area contributed by atoms with Crippen LogP contribution < -0.4 is 5.32 Å². The predicted octanol–water partition coefficient (Wildman–Crippen LogP) is 2.98. The number of hydrogen-bond acceptors (Lipinski definition) is 3. The highest BCUT2D eigenvalue weighted by Gasteiger charge is 2.20. The molecule has 1 aliphatic rings. The number of aryl methyl sites for hydroxylation is 1. The number of hydrogen-bond donors (Lipinski definition) is 2. The lowest BCUT2D eigenvalue weighted by Gasteiger charge is -2.32. The Morgan fingerprint density at radius 1 is 1.40 bits per heavy atom. The number of piperidine rings is 1. The minimum Gasteiger partial charge on any atom is -0.478 e. The quantitative estimate of drug-likeness (QED) is 0.868. The van der Waals surface area contributed by atoms with Crippen LogP contribution in [0.5, 0.6) is 0 Å². The third-order valence-electron chi connectivity index (χ3n) is 3.89. The molecule has 0 unspecified atom stereocenters. The van der Waals surface area contributed by atoms with Gasteiger partial charge >= 0.3 is 5.97 Å². The topological polar surface area (TPSA) is 52.6 Å². The highest BCUT2D eigenvalue weighted by molar-refractivity contribution is 5.94. The monoisotopic (exact) mass is 276 g/mol. The largest absolute Gasteiger partial charge is 0.478 e. The number of carboxylic acids is 1. The van der Waals surface area contributed by atoms with Gasteiger partial charge in [0, 0.05) is 24.8 Å². The zero-order valence-electron chi connectivity index (χ0n) is 12.4. The molecule has 0 saturated carbocycles. The van der Waals surface area contributed by atoms with Crippen LogP contribution in [0.15, 0.2) is 18.2 Å². The summed E-state index contributed by atoms with van der Waals surface area (Å²) in [5, 5.41) is 12.7. The van der Waals surface area contributed by atoms with Crippen LogP contribution in [0.4, 0.5) is 5.69 Å². The SMILES string of the molecule is CCCN1CCC(Nc2cc(C)ccc2C(=O)O)CC1. The zero-order chi connectivity index (χ0) is 14.5. The summed E-state index contributed by atoms with van der Waals surface area (Å²) in [6.45, 7) is 7.55. The highest BCUT2D eigenvalue weighted by Crippen LogP contribution is 2.22. The van der Waals surface area contributed by atoms with Crippen molar-refractivity contribution in [2.45, 2.75) is 39.2 Å². The van der Waals surface area contributed by atoms with E-state index in [1.54, 1.807) is 6.07 Å². The molecule has 4 nitrogen and oxygen atoms in total. The van der Waals surface area contributed by atoms with Crippen molar-refractivity contribution in [2.24, 2.45) is 0 Å². The number of carbonyl (C=O) groups is 1. The van der Waals surface area contributed by atoms with Crippen LogP contribution >= 0.6 is 0 Å². The summed E-state index contributed by atoms with van der Waals surface area (Å²) in [6, 6.07) is 5.84. The van der Waals surface area contributed by atoms with E-state index in [0.29, 0.717) is 11.6 Å². The molecule has 110 valence electrons. The van der Waals surface area contributed by atoms with Crippen molar-refractivity contribution in [3.8, 4) is 0 Å². The first-order valence-electron chi connectivity index (χ1n) is 7.43. The summed E-state index contributed by atoms with van der Waals surface area (Å²) in [7, 11) is 0. The van der Waals surface area contributed by atoms with Gasteiger partial charge in [0.25, 0.3) is 0 Å². The lowest BCUT2D eigenvalue weighted by atomic mass is 10.0. The van der Waals surface area contributed by atoms with Gasteiger partial charge in [-0.1, -0.05) is 13.0 Å². The van der Waals surface area contributed by atoms with Gasteiger partial charge in [0.1, 0.15) is 0 Å². The highest BCUT2D eigenvalue weighted by atomic mass is 16.4. The minimum atomic E-state index is -0.865. The van der Waals surface area contributed by atoms with Crippen molar-refractivity contribution in [1.29, 1.82) is 0 Å². The molecule has 0 spiro atoms. The van der Waals surface area contributed by atoms with Gasteiger partial charge in [-0.25, -0.2) is 4.79 Å². The van der Waals surface area contributed by atoms with E-state index >= 15 is 0 Å². The molecule has 1 saturated heterocycles. The van der Waals surface area contributed by atoms with Crippen LogP contribution in [0.25, 0.3) is 0 Å². The number of anilines is 1. The fraction of sp³-hybridized carbons (Fsp3) is 0.562. The van der Waals surface area contributed by atoms with Gasteiger partial charge in [-0.05, 0) is 50.4 Å². The van der Waals surface area contributed by atoms with E-state index in [0.717, 1.165) is 43.7 Å². The second-order valence-corrected chi connectivity index (χ2v) is 5.61. The Hall–Kier alpha value is -1.55. The minimum absolute atomic E-state index is 0.367. The summed E-state index contributed by atoms with van der Waals surface area (Å²) in [6.07, 6.45) is 3.35. The van der Waals surface area contributed by atoms with Gasteiger partial charge < -0.3 is 15.3 Å². The predicted molar refractivity (Wildman–Crippen MR) is 81.5 cm³/mol. The normalized spacial score (nSPS) is 17.1. The van der Waals surface area contributed by atoms with Gasteiger partial charge in [-0.2, -0.15) is 0 Å². The Balaban J connectivity index is 2.00. The number of benzene rings is 1. The molecular formula is C16H24N2O2. The van der Waals surface area contributed by atoms with E-state index in [1.165, 1.54) is 6.42 Å². The summed E-state index contributed by atoms with van der Waals surface area (Å²) in [4.78, 5) is 13.7. The first kappa shape index (κ1) is 14.9. The van der Waals surface area contributed by atoms with E-state index in [4.69, 9.17) is 0 Å². The summed E-state index contributed by atoms with van der Waals surface area (Å²) in [5.74, 6) is -0.865. The second kappa shape index (κ2) is 6.75. The third-order valence-corrected chi connectivity index (χ3v) is 3.89. The van der Waals surface area contributed by atoms with Gasteiger partial charge in [-0.15, -0.1) is 0 Å². The van der Waals surface area contributed by atoms with Crippen molar-refractivity contribution in [3.05, 3.63) is 29.3 Å².